The maximum atomic E-state index is 12.2. The molecule has 0 radical (unpaired) electrons. The number of nitrogens with zero attached hydrogens (tertiary/aromatic N) is 2. The van der Waals surface area contributed by atoms with E-state index < -0.39 is 0 Å². The molecule has 1 aliphatic rings. The van der Waals surface area contributed by atoms with Crippen LogP contribution in [0.4, 0.5) is 0 Å². The molecule has 0 bridgehead atoms. The Kier molecular flexibility index (Phi) is 6.98. The minimum absolute atomic E-state index is 0.0315. The maximum Gasteiger partial charge on any atom is 0.263 e. The number of carbonyl (C=O) groups excluding carboxylic acids is 1. The molecule has 1 amide bonds. The van der Waals surface area contributed by atoms with Crippen LogP contribution in [0.2, 0.25) is 10.0 Å². The molecule has 0 unspecified atom stereocenters. The number of halogens is 2. The molecule has 0 atom stereocenters. The van der Waals surface area contributed by atoms with Gasteiger partial charge in [0.2, 0.25) is 0 Å². The van der Waals surface area contributed by atoms with Crippen LogP contribution >= 0.6 is 34.5 Å². The van der Waals surface area contributed by atoms with E-state index >= 15 is 0 Å². The molecule has 3 rings (SSSR count). The Morgan fingerprint density at radius 1 is 1.30 bits per heavy atom. The second kappa shape index (κ2) is 9.24. The van der Waals surface area contributed by atoms with Crippen molar-refractivity contribution in [3.63, 3.8) is 0 Å². The van der Waals surface area contributed by atoms with Crippen molar-refractivity contribution in [3.8, 4) is 5.75 Å². The Hall–Kier alpha value is -1.34. The number of benzene rings is 1. The molecule has 0 spiro atoms. The molecule has 1 saturated heterocycles. The monoisotopic (exact) mass is 427 g/mol. The summed E-state index contributed by atoms with van der Waals surface area (Å²) in [5, 5.41) is 4.95. The predicted octanol–water partition coefficient (Wildman–Crippen LogP) is 4.34. The fraction of sp³-hybridized carbons (Fsp3) is 0.474. The van der Waals surface area contributed by atoms with Crippen molar-refractivity contribution in [2.75, 3.05) is 26.2 Å². The van der Waals surface area contributed by atoms with Crippen molar-refractivity contribution in [2.45, 2.75) is 32.8 Å². The minimum Gasteiger partial charge on any atom is -0.490 e. The highest BCUT2D eigenvalue weighted by molar-refractivity contribution is 7.13. The Morgan fingerprint density at radius 2 is 2.04 bits per heavy atom. The summed E-state index contributed by atoms with van der Waals surface area (Å²) >= 11 is 13.4. The number of rotatable bonds is 6. The van der Waals surface area contributed by atoms with Gasteiger partial charge in [0, 0.05) is 32.2 Å². The molecular weight excluding hydrogens is 405 g/mol. The lowest BCUT2D eigenvalue weighted by Gasteiger charge is -2.32. The standard InChI is InChI=1S/C19H23Cl2N3O2S/c1-12-18(27-13(2)23-12)19(25)22-7-10-24-8-5-14(6-9-24)26-15-3-4-16(20)17(21)11-15/h3-4,11,14H,5-10H2,1-2H3,(H,22,25). The van der Waals surface area contributed by atoms with E-state index in [1.165, 1.54) is 11.3 Å². The first kappa shape index (κ1) is 20.4. The van der Waals surface area contributed by atoms with Gasteiger partial charge in [-0.05, 0) is 38.8 Å². The van der Waals surface area contributed by atoms with E-state index in [-0.39, 0.29) is 12.0 Å². The highest BCUT2D eigenvalue weighted by Crippen LogP contribution is 2.28. The highest BCUT2D eigenvalue weighted by Gasteiger charge is 2.21. The molecule has 8 heteroatoms. The Morgan fingerprint density at radius 3 is 2.67 bits per heavy atom. The summed E-state index contributed by atoms with van der Waals surface area (Å²) in [6.07, 6.45) is 2.07. The first-order valence-electron chi connectivity index (χ1n) is 8.98. The topological polar surface area (TPSA) is 54.5 Å². The number of aromatic nitrogens is 1. The van der Waals surface area contributed by atoms with Crippen LogP contribution < -0.4 is 10.1 Å². The van der Waals surface area contributed by atoms with Gasteiger partial charge in [0.25, 0.3) is 5.91 Å². The van der Waals surface area contributed by atoms with E-state index in [1.807, 2.05) is 19.9 Å². The Balaban J connectivity index is 1.38. The van der Waals surface area contributed by atoms with Crippen molar-refractivity contribution < 1.29 is 9.53 Å². The number of piperidine rings is 1. The van der Waals surface area contributed by atoms with E-state index in [1.54, 1.807) is 12.1 Å². The SMILES string of the molecule is Cc1nc(C)c(C(=O)NCCN2CCC(Oc3ccc(Cl)c(Cl)c3)CC2)s1. The number of thiazole rings is 1. The second-order valence-corrected chi connectivity index (χ2v) is 8.66. The van der Waals surface area contributed by atoms with Crippen LogP contribution in [-0.4, -0.2) is 48.1 Å². The lowest BCUT2D eigenvalue weighted by Crippen LogP contribution is -2.42. The van der Waals surface area contributed by atoms with E-state index in [0.717, 1.165) is 48.9 Å². The molecule has 1 N–H and O–H groups in total. The third kappa shape index (κ3) is 5.57. The van der Waals surface area contributed by atoms with Gasteiger partial charge in [0.05, 0.1) is 20.7 Å². The molecule has 1 aromatic heterocycles. The average molecular weight is 428 g/mol. The van der Waals surface area contributed by atoms with Crippen molar-refractivity contribution >= 4 is 40.4 Å². The molecule has 1 aliphatic heterocycles. The van der Waals surface area contributed by atoms with Crippen LogP contribution in [0.5, 0.6) is 5.75 Å². The zero-order valence-corrected chi connectivity index (χ0v) is 17.8. The van der Waals surface area contributed by atoms with Gasteiger partial charge in [0.15, 0.2) is 0 Å². The van der Waals surface area contributed by atoms with Crippen LogP contribution in [0.3, 0.4) is 0 Å². The van der Waals surface area contributed by atoms with Gasteiger partial charge in [-0.3, -0.25) is 4.79 Å². The average Bonchev–Trinajstić information content (AvgIpc) is 2.98. The van der Waals surface area contributed by atoms with Crippen LogP contribution in [0.15, 0.2) is 18.2 Å². The van der Waals surface area contributed by atoms with Crippen LogP contribution in [0.25, 0.3) is 0 Å². The van der Waals surface area contributed by atoms with E-state index in [0.29, 0.717) is 21.5 Å². The summed E-state index contributed by atoms with van der Waals surface area (Å²) in [7, 11) is 0. The summed E-state index contributed by atoms with van der Waals surface area (Å²) in [4.78, 5) is 19.6. The van der Waals surface area contributed by atoms with Gasteiger partial charge in [0.1, 0.15) is 16.7 Å². The van der Waals surface area contributed by atoms with Crippen molar-refractivity contribution in [2.24, 2.45) is 0 Å². The zero-order chi connectivity index (χ0) is 19.4. The summed E-state index contributed by atoms with van der Waals surface area (Å²) in [6.45, 7) is 7.15. The Bertz CT molecular complexity index is 804. The summed E-state index contributed by atoms with van der Waals surface area (Å²) in [6, 6.07) is 5.36. The largest absolute Gasteiger partial charge is 0.490 e. The Labute approximate surface area is 173 Å². The molecule has 2 heterocycles. The fourth-order valence-electron chi connectivity index (χ4n) is 3.14. The third-order valence-corrected chi connectivity index (χ3v) is 6.36. The van der Waals surface area contributed by atoms with Crippen LogP contribution in [-0.2, 0) is 0 Å². The summed E-state index contributed by atoms with van der Waals surface area (Å²) < 4.78 is 6.01. The van der Waals surface area contributed by atoms with Crippen molar-refractivity contribution in [1.82, 2.24) is 15.2 Å². The van der Waals surface area contributed by atoms with Gasteiger partial charge in [-0.25, -0.2) is 4.98 Å². The van der Waals surface area contributed by atoms with Crippen LogP contribution in [0.1, 0.15) is 33.2 Å². The second-order valence-electron chi connectivity index (χ2n) is 6.64. The molecule has 146 valence electrons. The van der Waals surface area contributed by atoms with Gasteiger partial charge < -0.3 is 15.0 Å². The molecule has 5 nitrogen and oxygen atoms in total. The highest BCUT2D eigenvalue weighted by atomic mass is 35.5. The lowest BCUT2D eigenvalue weighted by atomic mass is 10.1. The number of hydrogen-bond acceptors (Lipinski definition) is 5. The van der Waals surface area contributed by atoms with Gasteiger partial charge in [-0.2, -0.15) is 0 Å². The molecule has 0 aliphatic carbocycles. The van der Waals surface area contributed by atoms with Gasteiger partial charge >= 0.3 is 0 Å². The van der Waals surface area contributed by atoms with E-state index in [9.17, 15) is 4.79 Å². The first-order chi connectivity index (χ1) is 12.9. The van der Waals surface area contributed by atoms with Crippen molar-refractivity contribution in [3.05, 3.63) is 43.8 Å². The molecule has 1 fully saturated rings. The third-order valence-electron chi connectivity index (χ3n) is 4.55. The normalized spacial score (nSPS) is 15.7. The maximum absolute atomic E-state index is 12.2. The number of likely N-dealkylation sites (tertiary alicyclic amines) is 1. The predicted molar refractivity (Wildman–Crippen MR) is 110 cm³/mol. The summed E-state index contributed by atoms with van der Waals surface area (Å²) in [5.74, 6) is 0.723. The van der Waals surface area contributed by atoms with Gasteiger partial charge in [-0.1, -0.05) is 23.2 Å². The number of ether oxygens (including phenoxy) is 1. The molecular formula is C19H23Cl2N3O2S. The minimum atomic E-state index is -0.0315. The van der Waals surface area contributed by atoms with E-state index in [2.05, 4.69) is 15.2 Å². The zero-order valence-electron chi connectivity index (χ0n) is 15.4. The van der Waals surface area contributed by atoms with Crippen LogP contribution in [0, 0.1) is 13.8 Å². The lowest BCUT2D eigenvalue weighted by molar-refractivity contribution is 0.0908. The smallest absolute Gasteiger partial charge is 0.263 e. The quantitative estimate of drug-likeness (QED) is 0.744. The molecule has 0 saturated carbocycles. The number of aryl methyl sites for hydroxylation is 2. The fourth-order valence-corrected chi connectivity index (χ4v) is 4.27. The van der Waals surface area contributed by atoms with Gasteiger partial charge in [-0.15, -0.1) is 11.3 Å². The van der Waals surface area contributed by atoms with E-state index in [4.69, 9.17) is 27.9 Å². The number of carbonyl (C=O) groups is 1. The molecule has 1 aromatic carbocycles. The molecule has 27 heavy (non-hydrogen) atoms. The number of amides is 1. The summed E-state index contributed by atoms with van der Waals surface area (Å²) in [5.41, 5.74) is 0.801. The number of nitrogens with one attached hydrogen (secondary N) is 1. The first-order valence-corrected chi connectivity index (χ1v) is 10.6. The number of hydrogen-bond donors (Lipinski definition) is 1. The van der Waals surface area contributed by atoms with Crippen molar-refractivity contribution in [1.29, 1.82) is 0 Å². The molecule has 2 aromatic rings.